The van der Waals surface area contributed by atoms with Crippen molar-refractivity contribution >= 4 is 29.1 Å². The number of hydrogen-bond donors (Lipinski definition) is 1. The monoisotopic (exact) mass is 392 g/mol. The highest BCUT2D eigenvalue weighted by molar-refractivity contribution is 7.80. The highest BCUT2D eigenvalue weighted by atomic mass is 32.1. The van der Waals surface area contributed by atoms with E-state index in [0.717, 1.165) is 42.0 Å². The van der Waals surface area contributed by atoms with Crippen molar-refractivity contribution in [3.8, 4) is 11.5 Å². The number of thiocarbonyl (C=S) groups is 1. The number of nitrogens with zero attached hydrogens (tertiary/aromatic N) is 1. The summed E-state index contributed by atoms with van der Waals surface area (Å²) < 4.78 is 10.6. The molecule has 4 rings (SSSR count). The van der Waals surface area contributed by atoms with Crippen LogP contribution in [0.2, 0.25) is 0 Å². The summed E-state index contributed by atoms with van der Waals surface area (Å²) in [5.41, 5.74) is 4.78. The minimum absolute atomic E-state index is 0.144. The number of ether oxygens (including phenoxy) is 2. The first kappa shape index (κ1) is 18.7. The van der Waals surface area contributed by atoms with Crippen LogP contribution in [0.25, 0.3) is 6.08 Å². The summed E-state index contributed by atoms with van der Waals surface area (Å²) in [5.74, 6) is 2.04. The highest BCUT2D eigenvalue weighted by Crippen LogP contribution is 2.38. The summed E-state index contributed by atoms with van der Waals surface area (Å²) in [5, 5.41) is 3.99. The first-order chi connectivity index (χ1) is 13.7. The first-order valence-corrected chi connectivity index (χ1v) is 9.97. The van der Waals surface area contributed by atoms with Gasteiger partial charge < -0.3 is 14.8 Å². The topological polar surface area (TPSA) is 42.8 Å². The third-order valence-corrected chi connectivity index (χ3v) is 5.69. The predicted molar refractivity (Wildman–Crippen MR) is 117 cm³/mol. The Hall–Kier alpha value is -2.66. The molecule has 4 nitrogen and oxygen atoms in total. The van der Waals surface area contributed by atoms with Gasteiger partial charge >= 0.3 is 0 Å². The van der Waals surface area contributed by atoms with Gasteiger partial charge in [-0.15, -0.1) is 0 Å². The van der Waals surface area contributed by atoms with Crippen LogP contribution in [-0.2, 0) is 0 Å². The lowest BCUT2D eigenvalue weighted by atomic mass is 9.76. The van der Waals surface area contributed by atoms with Crippen LogP contribution in [0, 0.1) is 5.92 Å². The molecule has 0 spiro atoms. The van der Waals surface area contributed by atoms with E-state index in [2.05, 4.69) is 35.7 Å². The van der Waals surface area contributed by atoms with E-state index in [-0.39, 0.29) is 6.04 Å². The molecule has 0 aromatic heterocycles. The smallest absolute Gasteiger partial charge is 0.193 e. The van der Waals surface area contributed by atoms with Crippen molar-refractivity contribution in [2.24, 2.45) is 10.9 Å². The van der Waals surface area contributed by atoms with Crippen molar-refractivity contribution in [1.29, 1.82) is 0 Å². The Morgan fingerprint density at radius 3 is 2.29 bits per heavy atom. The van der Waals surface area contributed by atoms with E-state index in [9.17, 15) is 0 Å². The Kier molecular flexibility index (Phi) is 5.44. The Labute approximate surface area is 171 Å². The number of aliphatic imine (C=N–C) groups is 1. The average Bonchev–Trinajstić information content (AvgIpc) is 2.74. The molecule has 2 aromatic rings. The van der Waals surface area contributed by atoms with Crippen molar-refractivity contribution in [3.05, 3.63) is 65.2 Å². The number of hydrogen-bond acceptors (Lipinski definition) is 3. The standard InChI is InChI=1S/C23H24N2O2S/c1-26-18-10-6-15(7-11-18)14-17-4-3-5-20-21(24-23(28)25-22(17)20)16-8-12-19(27-2)13-9-16/h6-14,20-21H,3-5H2,1-2H3,(H,24,28)/t20-,21+/m1/s1. The molecule has 0 amide bonds. The summed E-state index contributed by atoms with van der Waals surface area (Å²) in [6, 6.07) is 16.5. The second kappa shape index (κ2) is 8.15. The van der Waals surface area contributed by atoms with Crippen LogP contribution in [0.15, 0.2) is 59.1 Å². The zero-order chi connectivity index (χ0) is 19.5. The molecular formula is C23H24N2O2S. The van der Waals surface area contributed by atoms with Gasteiger partial charge in [-0.3, -0.25) is 0 Å². The predicted octanol–water partition coefficient (Wildman–Crippen LogP) is 4.96. The van der Waals surface area contributed by atoms with Gasteiger partial charge in [0.1, 0.15) is 11.5 Å². The van der Waals surface area contributed by atoms with Crippen molar-refractivity contribution in [2.75, 3.05) is 14.2 Å². The third-order valence-electron chi connectivity index (χ3n) is 5.48. The molecule has 1 heterocycles. The SMILES string of the molecule is COc1ccc(C=C2CCC[C@H]3C2=NC(=S)N[C@H]3c2ccc(OC)cc2)cc1. The van der Waals surface area contributed by atoms with Gasteiger partial charge in [-0.25, -0.2) is 4.99 Å². The van der Waals surface area contributed by atoms with Crippen LogP contribution in [-0.4, -0.2) is 25.0 Å². The summed E-state index contributed by atoms with van der Waals surface area (Å²) in [4.78, 5) is 4.74. The second-order valence-corrected chi connectivity index (χ2v) is 7.53. The van der Waals surface area contributed by atoms with Gasteiger partial charge in [0.15, 0.2) is 5.11 Å². The molecule has 2 aliphatic rings. The third kappa shape index (κ3) is 3.80. The maximum atomic E-state index is 5.48. The van der Waals surface area contributed by atoms with Gasteiger partial charge in [0.2, 0.25) is 0 Å². The normalized spacial score (nSPS) is 22.9. The van der Waals surface area contributed by atoms with E-state index < -0.39 is 0 Å². The minimum atomic E-state index is 0.144. The zero-order valence-electron chi connectivity index (χ0n) is 16.1. The van der Waals surface area contributed by atoms with Crippen molar-refractivity contribution in [1.82, 2.24) is 5.32 Å². The molecule has 5 heteroatoms. The van der Waals surface area contributed by atoms with Gasteiger partial charge in [-0.2, -0.15) is 0 Å². The molecule has 2 atom stereocenters. The van der Waals surface area contributed by atoms with Crippen LogP contribution >= 0.6 is 12.2 Å². The number of fused-ring (bicyclic) bond motifs is 1. The van der Waals surface area contributed by atoms with E-state index in [1.54, 1.807) is 14.2 Å². The van der Waals surface area contributed by atoms with Gasteiger partial charge in [0.05, 0.1) is 26.0 Å². The second-order valence-electron chi connectivity index (χ2n) is 7.14. The summed E-state index contributed by atoms with van der Waals surface area (Å²) in [6.45, 7) is 0. The van der Waals surface area contributed by atoms with Crippen LogP contribution in [0.4, 0.5) is 0 Å². The Morgan fingerprint density at radius 2 is 1.64 bits per heavy atom. The molecule has 1 aliphatic carbocycles. The molecule has 1 N–H and O–H groups in total. The van der Waals surface area contributed by atoms with E-state index >= 15 is 0 Å². The van der Waals surface area contributed by atoms with Crippen LogP contribution < -0.4 is 14.8 Å². The van der Waals surface area contributed by atoms with Crippen molar-refractivity contribution in [2.45, 2.75) is 25.3 Å². The highest BCUT2D eigenvalue weighted by Gasteiger charge is 2.36. The number of rotatable bonds is 4. The molecule has 0 radical (unpaired) electrons. The van der Waals surface area contributed by atoms with Crippen LogP contribution in [0.5, 0.6) is 11.5 Å². The fourth-order valence-corrected chi connectivity index (χ4v) is 4.27. The Morgan fingerprint density at radius 1 is 1.00 bits per heavy atom. The number of nitrogens with one attached hydrogen (secondary N) is 1. The van der Waals surface area contributed by atoms with E-state index in [1.807, 2.05) is 24.3 Å². The molecule has 1 saturated carbocycles. The molecule has 0 saturated heterocycles. The zero-order valence-corrected chi connectivity index (χ0v) is 17.0. The quantitative estimate of drug-likeness (QED) is 0.747. The molecule has 144 valence electrons. The molecule has 1 aliphatic heterocycles. The maximum absolute atomic E-state index is 5.48. The lowest BCUT2D eigenvalue weighted by molar-refractivity contribution is 0.412. The maximum Gasteiger partial charge on any atom is 0.193 e. The number of methoxy groups -OCH3 is 2. The summed E-state index contributed by atoms with van der Waals surface area (Å²) >= 11 is 5.48. The van der Waals surface area contributed by atoms with Gasteiger partial charge in [0, 0.05) is 5.92 Å². The molecular weight excluding hydrogens is 368 g/mol. The molecule has 1 fully saturated rings. The molecule has 0 unspecified atom stereocenters. The van der Waals surface area contributed by atoms with Crippen LogP contribution in [0.3, 0.4) is 0 Å². The van der Waals surface area contributed by atoms with Gasteiger partial charge in [-0.05, 0) is 78.5 Å². The number of benzene rings is 2. The molecule has 0 bridgehead atoms. The van der Waals surface area contributed by atoms with E-state index in [0.29, 0.717) is 11.0 Å². The van der Waals surface area contributed by atoms with Gasteiger partial charge in [-0.1, -0.05) is 24.3 Å². The van der Waals surface area contributed by atoms with Crippen LogP contribution in [0.1, 0.15) is 36.4 Å². The largest absolute Gasteiger partial charge is 0.497 e. The van der Waals surface area contributed by atoms with Gasteiger partial charge in [0.25, 0.3) is 0 Å². The fourth-order valence-electron chi connectivity index (χ4n) is 4.04. The average molecular weight is 393 g/mol. The summed E-state index contributed by atoms with van der Waals surface area (Å²) in [6.07, 6.45) is 5.51. The first-order valence-electron chi connectivity index (χ1n) is 9.56. The number of allylic oxidation sites excluding steroid dienone is 1. The van der Waals surface area contributed by atoms with Crippen molar-refractivity contribution in [3.63, 3.8) is 0 Å². The Balaban J connectivity index is 1.65. The molecule has 2 aromatic carbocycles. The minimum Gasteiger partial charge on any atom is -0.497 e. The lowest BCUT2D eigenvalue weighted by Crippen LogP contribution is -2.42. The van der Waals surface area contributed by atoms with Crippen molar-refractivity contribution < 1.29 is 9.47 Å². The lowest BCUT2D eigenvalue weighted by Gasteiger charge is -2.37. The Bertz CT molecular complexity index is 917. The molecule has 28 heavy (non-hydrogen) atoms. The summed E-state index contributed by atoms with van der Waals surface area (Å²) in [7, 11) is 3.37. The van der Waals surface area contributed by atoms with E-state index in [4.69, 9.17) is 26.7 Å². The van der Waals surface area contributed by atoms with E-state index in [1.165, 1.54) is 11.1 Å². The fraction of sp³-hybridized carbons (Fsp3) is 0.304.